The fourth-order valence-corrected chi connectivity index (χ4v) is 3.53. The Morgan fingerprint density at radius 2 is 2.04 bits per heavy atom. The number of imidazole rings is 1. The minimum absolute atomic E-state index is 0.167. The molecule has 1 unspecified atom stereocenters. The number of hydrogen-bond donors (Lipinski definition) is 0. The van der Waals surface area contributed by atoms with Crippen molar-refractivity contribution >= 4 is 0 Å². The van der Waals surface area contributed by atoms with E-state index in [0.717, 1.165) is 43.9 Å². The number of ether oxygens (including phenoxy) is 1. The van der Waals surface area contributed by atoms with Crippen LogP contribution in [0.5, 0.6) is 11.6 Å². The van der Waals surface area contributed by atoms with Gasteiger partial charge in [-0.3, -0.25) is 9.88 Å². The first-order valence-corrected chi connectivity index (χ1v) is 9.11. The number of rotatable bonds is 5. The first-order valence-electron chi connectivity index (χ1n) is 9.11. The molecule has 1 aromatic carbocycles. The van der Waals surface area contributed by atoms with Gasteiger partial charge < -0.3 is 9.30 Å². The van der Waals surface area contributed by atoms with E-state index in [2.05, 4.69) is 19.9 Å². The van der Waals surface area contributed by atoms with Crippen LogP contribution in [0.4, 0.5) is 4.39 Å². The third-order valence-electron chi connectivity index (χ3n) is 4.77. The molecule has 0 amide bonds. The van der Waals surface area contributed by atoms with Crippen LogP contribution in [-0.4, -0.2) is 37.5 Å². The summed E-state index contributed by atoms with van der Waals surface area (Å²) in [5.74, 6) is 0.333. The molecule has 140 valence electrons. The summed E-state index contributed by atoms with van der Waals surface area (Å²) in [6.07, 6.45) is 9.17. The molecule has 0 N–H and O–H groups in total. The average molecular weight is 367 g/mol. The second-order valence-electron chi connectivity index (χ2n) is 6.88. The van der Waals surface area contributed by atoms with E-state index < -0.39 is 5.82 Å². The van der Waals surface area contributed by atoms with Crippen molar-refractivity contribution in [3.05, 3.63) is 66.4 Å². The molecule has 6 nitrogen and oxygen atoms in total. The van der Waals surface area contributed by atoms with E-state index in [0.29, 0.717) is 5.88 Å². The van der Waals surface area contributed by atoms with Crippen LogP contribution < -0.4 is 4.74 Å². The van der Waals surface area contributed by atoms with Crippen LogP contribution in [0.1, 0.15) is 30.1 Å². The summed E-state index contributed by atoms with van der Waals surface area (Å²) >= 11 is 0. The van der Waals surface area contributed by atoms with E-state index >= 15 is 0 Å². The Kier molecular flexibility index (Phi) is 5.11. The van der Waals surface area contributed by atoms with Crippen LogP contribution in [0.25, 0.3) is 0 Å². The highest BCUT2D eigenvalue weighted by atomic mass is 19.1. The number of likely N-dealkylation sites (tertiary alicyclic amines) is 1. The largest absolute Gasteiger partial charge is 0.434 e. The molecule has 0 saturated carbocycles. The van der Waals surface area contributed by atoms with Gasteiger partial charge in [-0.2, -0.15) is 0 Å². The maximum Gasteiger partial charge on any atom is 0.241 e. The van der Waals surface area contributed by atoms with Crippen molar-refractivity contribution in [2.75, 3.05) is 13.1 Å². The summed E-state index contributed by atoms with van der Waals surface area (Å²) in [6, 6.07) is 6.35. The van der Waals surface area contributed by atoms with Gasteiger partial charge in [0, 0.05) is 44.6 Å². The maximum absolute atomic E-state index is 14.0. The molecule has 0 radical (unpaired) electrons. The van der Waals surface area contributed by atoms with Gasteiger partial charge in [-0.25, -0.2) is 14.4 Å². The Labute approximate surface area is 157 Å². The van der Waals surface area contributed by atoms with Crippen LogP contribution in [0.15, 0.2) is 49.2 Å². The van der Waals surface area contributed by atoms with Crippen LogP contribution in [0.3, 0.4) is 0 Å². The van der Waals surface area contributed by atoms with E-state index in [1.54, 1.807) is 30.6 Å². The van der Waals surface area contributed by atoms with Crippen molar-refractivity contribution in [1.82, 2.24) is 24.4 Å². The molecule has 3 heterocycles. The number of benzene rings is 1. The van der Waals surface area contributed by atoms with Crippen LogP contribution in [0, 0.1) is 5.82 Å². The summed E-state index contributed by atoms with van der Waals surface area (Å²) in [5, 5.41) is 0. The van der Waals surface area contributed by atoms with Gasteiger partial charge in [-0.15, -0.1) is 0 Å². The third kappa shape index (κ3) is 4.14. The number of nitrogens with zero attached hydrogens (tertiary/aromatic N) is 5. The fraction of sp³-hybridized carbons (Fsp3) is 0.350. The SMILES string of the molecule is Cn1cnc(CN2CCCC(c3nccnc3Oc3ccccc3F)C2)c1. The molecular formula is C20H22FN5O. The van der Waals surface area contributed by atoms with Crippen molar-refractivity contribution in [3.63, 3.8) is 0 Å². The smallest absolute Gasteiger partial charge is 0.241 e. The minimum Gasteiger partial charge on any atom is -0.434 e. The van der Waals surface area contributed by atoms with Gasteiger partial charge in [0.05, 0.1) is 12.0 Å². The molecule has 1 aliphatic heterocycles. The maximum atomic E-state index is 14.0. The lowest BCUT2D eigenvalue weighted by Crippen LogP contribution is -2.34. The van der Waals surface area contributed by atoms with Gasteiger partial charge in [0.1, 0.15) is 5.69 Å². The van der Waals surface area contributed by atoms with E-state index in [4.69, 9.17) is 4.74 Å². The highest BCUT2D eigenvalue weighted by Crippen LogP contribution is 2.33. The summed E-state index contributed by atoms with van der Waals surface area (Å²) in [7, 11) is 1.97. The van der Waals surface area contributed by atoms with Gasteiger partial charge in [0.25, 0.3) is 0 Å². The molecule has 1 saturated heterocycles. The van der Waals surface area contributed by atoms with Crippen LogP contribution in [0.2, 0.25) is 0 Å². The molecular weight excluding hydrogens is 345 g/mol. The Bertz CT molecular complexity index is 913. The van der Waals surface area contributed by atoms with Gasteiger partial charge in [-0.1, -0.05) is 12.1 Å². The number of aryl methyl sites for hydroxylation is 1. The summed E-state index contributed by atoms with van der Waals surface area (Å²) < 4.78 is 21.7. The molecule has 1 aliphatic rings. The molecule has 1 fully saturated rings. The molecule has 3 aromatic rings. The monoisotopic (exact) mass is 367 g/mol. The molecule has 1 atom stereocenters. The first kappa shape index (κ1) is 17.6. The van der Waals surface area contributed by atoms with Crippen molar-refractivity contribution in [2.45, 2.75) is 25.3 Å². The van der Waals surface area contributed by atoms with Gasteiger partial charge in [-0.05, 0) is 31.5 Å². The molecule has 7 heteroatoms. The molecule has 4 rings (SSSR count). The molecule has 0 aliphatic carbocycles. The van der Waals surface area contributed by atoms with Crippen molar-refractivity contribution in [1.29, 1.82) is 0 Å². The quantitative estimate of drug-likeness (QED) is 0.691. The van der Waals surface area contributed by atoms with E-state index in [-0.39, 0.29) is 11.7 Å². The van der Waals surface area contributed by atoms with Crippen molar-refractivity contribution in [2.24, 2.45) is 7.05 Å². The minimum atomic E-state index is -0.408. The van der Waals surface area contributed by atoms with Crippen molar-refractivity contribution < 1.29 is 9.13 Å². The summed E-state index contributed by atoms with van der Waals surface area (Å²) in [6.45, 7) is 2.68. The summed E-state index contributed by atoms with van der Waals surface area (Å²) in [5.41, 5.74) is 1.84. The Morgan fingerprint density at radius 3 is 2.85 bits per heavy atom. The average Bonchev–Trinajstić information content (AvgIpc) is 3.09. The Balaban J connectivity index is 1.51. The highest BCUT2D eigenvalue weighted by Gasteiger charge is 2.26. The zero-order valence-corrected chi connectivity index (χ0v) is 15.3. The topological polar surface area (TPSA) is 56.1 Å². The van der Waals surface area contributed by atoms with Crippen molar-refractivity contribution in [3.8, 4) is 11.6 Å². The molecule has 2 aromatic heterocycles. The zero-order valence-electron chi connectivity index (χ0n) is 15.3. The predicted octanol–water partition coefficient (Wildman–Crippen LogP) is 3.52. The molecule has 27 heavy (non-hydrogen) atoms. The van der Waals surface area contributed by atoms with Crippen LogP contribution >= 0.6 is 0 Å². The zero-order chi connectivity index (χ0) is 18.6. The number of piperidine rings is 1. The van der Waals surface area contributed by atoms with Gasteiger partial charge in [0.2, 0.25) is 5.88 Å². The second kappa shape index (κ2) is 7.84. The molecule has 0 bridgehead atoms. The van der Waals surface area contributed by atoms with E-state index in [1.165, 1.54) is 6.07 Å². The van der Waals surface area contributed by atoms with E-state index in [1.807, 2.05) is 24.1 Å². The first-order chi connectivity index (χ1) is 13.2. The van der Waals surface area contributed by atoms with E-state index in [9.17, 15) is 4.39 Å². The normalized spacial score (nSPS) is 17.8. The lowest BCUT2D eigenvalue weighted by molar-refractivity contribution is 0.194. The number of halogens is 1. The second-order valence-corrected chi connectivity index (χ2v) is 6.88. The predicted molar refractivity (Wildman–Crippen MR) is 99.0 cm³/mol. The number of para-hydroxylation sites is 1. The number of aromatic nitrogens is 4. The summed E-state index contributed by atoms with van der Waals surface area (Å²) in [4.78, 5) is 15.6. The van der Waals surface area contributed by atoms with Crippen LogP contribution in [-0.2, 0) is 13.6 Å². The van der Waals surface area contributed by atoms with Gasteiger partial charge >= 0.3 is 0 Å². The lowest BCUT2D eigenvalue weighted by atomic mass is 9.94. The fourth-order valence-electron chi connectivity index (χ4n) is 3.53. The Hall–Kier alpha value is -2.80. The third-order valence-corrected chi connectivity index (χ3v) is 4.77. The highest BCUT2D eigenvalue weighted by molar-refractivity contribution is 5.32. The lowest BCUT2D eigenvalue weighted by Gasteiger charge is -2.32. The number of hydrogen-bond acceptors (Lipinski definition) is 5. The van der Waals surface area contributed by atoms with Gasteiger partial charge in [0.15, 0.2) is 11.6 Å². The Morgan fingerprint density at radius 1 is 1.19 bits per heavy atom. The standard InChI is InChI=1S/C20H22FN5O/c1-25-12-16(24-14-25)13-26-10-4-5-15(11-26)19-20(23-9-8-22-19)27-18-7-3-2-6-17(18)21/h2-3,6-9,12,14-15H,4-5,10-11,13H2,1H3. The molecule has 0 spiro atoms.